The van der Waals surface area contributed by atoms with Crippen molar-refractivity contribution in [2.45, 2.75) is 18.2 Å². The molecular formula is C18H16FN3O3S. The number of aromatic nitrogens is 2. The number of aryl methyl sites for hydroxylation is 1. The Morgan fingerprint density at radius 1 is 1.19 bits per heavy atom. The van der Waals surface area contributed by atoms with Gasteiger partial charge >= 0.3 is 0 Å². The minimum Gasteiger partial charge on any atom is -0.296 e. The highest BCUT2D eigenvalue weighted by molar-refractivity contribution is 7.89. The minimum atomic E-state index is -4.01. The molecule has 0 spiro atoms. The number of sulfonamides is 1. The summed E-state index contributed by atoms with van der Waals surface area (Å²) in [6.45, 7) is 1.96. The summed E-state index contributed by atoms with van der Waals surface area (Å²) in [5.41, 5.74) is 2.84. The van der Waals surface area contributed by atoms with Gasteiger partial charge in [-0.15, -0.1) is 0 Å². The van der Waals surface area contributed by atoms with Crippen molar-refractivity contribution < 1.29 is 17.6 Å². The van der Waals surface area contributed by atoms with Gasteiger partial charge in [0.15, 0.2) is 6.29 Å². The smallest absolute Gasteiger partial charge is 0.238 e. The van der Waals surface area contributed by atoms with Crippen LogP contribution >= 0.6 is 0 Å². The minimum absolute atomic E-state index is 0.0353. The van der Waals surface area contributed by atoms with Crippen LogP contribution in [0.5, 0.6) is 0 Å². The van der Waals surface area contributed by atoms with Crippen molar-refractivity contribution in [2.24, 2.45) is 5.14 Å². The quantitative estimate of drug-likeness (QED) is 0.695. The van der Waals surface area contributed by atoms with E-state index in [4.69, 9.17) is 5.14 Å². The maximum atomic E-state index is 14.5. The van der Waals surface area contributed by atoms with Crippen LogP contribution in [0, 0.1) is 12.7 Å². The van der Waals surface area contributed by atoms with Crippen molar-refractivity contribution in [3.05, 3.63) is 76.9 Å². The number of carbonyl (C=O) groups excluding carboxylic acids is 1. The molecule has 2 aromatic carbocycles. The monoisotopic (exact) mass is 373 g/mol. The van der Waals surface area contributed by atoms with Gasteiger partial charge in [0.05, 0.1) is 4.90 Å². The molecule has 0 unspecified atom stereocenters. The average molecular weight is 373 g/mol. The summed E-state index contributed by atoms with van der Waals surface area (Å²) >= 11 is 0. The Balaban J connectivity index is 2.08. The molecule has 1 aromatic heterocycles. The molecule has 0 atom stereocenters. The van der Waals surface area contributed by atoms with E-state index in [1.165, 1.54) is 16.8 Å². The van der Waals surface area contributed by atoms with E-state index >= 15 is 0 Å². The van der Waals surface area contributed by atoms with Crippen LogP contribution in [0.2, 0.25) is 0 Å². The predicted molar refractivity (Wildman–Crippen MR) is 94.3 cm³/mol. The fourth-order valence-electron chi connectivity index (χ4n) is 2.70. The zero-order valence-electron chi connectivity index (χ0n) is 13.9. The van der Waals surface area contributed by atoms with E-state index in [0.29, 0.717) is 18.4 Å². The maximum absolute atomic E-state index is 14.5. The second kappa shape index (κ2) is 6.81. The Morgan fingerprint density at radius 3 is 2.58 bits per heavy atom. The second-order valence-corrected chi connectivity index (χ2v) is 7.48. The largest absolute Gasteiger partial charge is 0.296 e. The molecule has 3 aromatic rings. The summed E-state index contributed by atoms with van der Waals surface area (Å²) in [6, 6.07) is 12.7. The van der Waals surface area contributed by atoms with E-state index in [1.807, 2.05) is 31.2 Å². The van der Waals surface area contributed by atoms with Crippen molar-refractivity contribution in [3.8, 4) is 5.69 Å². The van der Waals surface area contributed by atoms with Gasteiger partial charge in [-0.1, -0.05) is 29.8 Å². The molecule has 3 rings (SSSR count). The van der Waals surface area contributed by atoms with Crippen LogP contribution in [0.25, 0.3) is 5.69 Å². The van der Waals surface area contributed by atoms with Crippen molar-refractivity contribution >= 4 is 16.3 Å². The molecule has 0 bridgehead atoms. The van der Waals surface area contributed by atoms with E-state index in [9.17, 15) is 17.6 Å². The summed E-state index contributed by atoms with van der Waals surface area (Å²) in [7, 11) is -4.01. The standard InChI is InChI=1S/C18H16FN3O3S/c1-12-3-2-4-13(7-12)8-15-9-14(11-23)21-22(15)18-6-5-16(10-17(18)19)26(20,24)25/h2-7,9-11H,8H2,1H3,(H2,20,24,25). The normalized spacial score (nSPS) is 11.5. The first-order chi connectivity index (χ1) is 12.3. The number of primary sulfonamides is 1. The number of rotatable bonds is 5. The maximum Gasteiger partial charge on any atom is 0.238 e. The number of aldehydes is 1. The number of benzene rings is 2. The topological polar surface area (TPSA) is 95.0 Å². The molecule has 8 heteroatoms. The Labute approximate surface area is 150 Å². The molecule has 0 aliphatic heterocycles. The SMILES string of the molecule is Cc1cccc(Cc2cc(C=O)nn2-c2ccc(S(N)(=O)=O)cc2F)c1. The van der Waals surface area contributed by atoms with Gasteiger partial charge in [-0.2, -0.15) is 5.10 Å². The van der Waals surface area contributed by atoms with Gasteiger partial charge in [0.1, 0.15) is 17.2 Å². The highest BCUT2D eigenvalue weighted by atomic mass is 32.2. The summed E-state index contributed by atoms with van der Waals surface area (Å²) in [6.07, 6.45) is 1.01. The molecule has 2 N–H and O–H groups in total. The van der Waals surface area contributed by atoms with E-state index < -0.39 is 15.8 Å². The first-order valence-electron chi connectivity index (χ1n) is 7.70. The lowest BCUT2D eigenvalue weighted by atomic mass is 10.1. The molecule has 0 aliphatic carbocycles. The molecule has 0 saturated carbocycles. The lowest BCUT2D eigenvalue weighted by molar-refractivity contribution is 0.111. The van der Waals surface area contributed by atoms with E-state index in [1.54, 1.807) is 6.07 Å². The second-order valence-electron chi connectivity index (χ2n) is 5.91. The third-order valence-corrected chi connectivity index (χ3v) is 4.78. The fourth-order valence-corrected chi connectivity index (χ4v) is 3.23. The Kier molecular flexibility index (Phi) is 4.71. The van der Waals surface area contributed by atoms with Gasteiger partial charge < -0.3 is 0 Å². The number of halogens is 1. The number of nitrogens with two attached hydrogens (primary N) is 1. The van der Waals surface area contributed by atoms with Gasteiger partial charge in [-0.25, -0.2) is 22.6 Å². The van der Waals surface area contributed by atoms with Crippen LogP contribution in [-0.4, -0.2) is 24.5 Å². The van der Waals surface area contributed by atoms with E-state index in [-0.39, 0.29) is 16.3 Å². The number of nitrogens with zero attached hydrogens (tertiary/aromatic N) is 2. The Hall–Kier alpha value is -2.84. The summed E-state index contributed by atoms with van der Waals surface area (Å²) in [5, 5.41) is 9.12. The first-order valence-corrected chi connectivity index (χ1v) is 9.25. The van der Waals surface area contributed by atoms with Crippen molar-refractivity contribution in [2.75, 3.05) is 0 Å². The third-order valence-electron chi connectivity index (χ3n) is 3.87. The molecule has 0 radical (unpaired) electrons. The van der Waals surface area contributed by atoms with Gasteiger partial charge in [-0.05, 0) is 36.8 Å². The van der Waals surface area contributed by atoms with Gasteiger partial charge in [-0.3, -0.25) is 4.79 Å². The highest BCUT2D eigenvalue weighted by Crippen LogP contribution is 2.21. The highest BCUT2D eigenvalue weighted by Gasteiger charge is 2.17. The van der Waals surface area contributed by atoms with Crippen LogP contribution in [0.1, 0.15) is 27.3 Å². The number of carbonyl (C=O) groups is 1. The van der Waals surface area contributed by atoms with E-state index in [0.717, 1.165) is 17.2 Å². The molecule has 0 amide bonds. The van der Waals surface area contributed by atoms with Crippen LogP contribution in [0.15, 0.2) is 53.4 Å². The van der Waals surface area contributed by atoms with Gasteiger partial charge in [0.25, 0.3) is 0 Å². The zero-order valence-corrected chi connectivity index (χ0v) is 14.7. The van der Waals surface area contributed by atoms with Crippen LogP contribution < -0.4 is 5.14 Å². The molecule has 1 heterocycles. The van der Waals surface area contributed by atoms with Crippen molar-refractivity contribution in [3.63, 3.8) is 0 Å². The zero-order chi connectivity index (χ0) is 18.9. The van der Waals surface area contributed by atoms with Crippen molar-refractivity contribution in [1.29, 1.82) is 0 Å². The fraction of sp³-hybridized carbons (Fsp3) is 0.111. The third kappa shape index (κ3) is 3.71. The molecule has 0 fully saturated rings. The predicted octanol–water partition coefficient (Wildman–Crippen LogP) is 2.37. The molecular weight excluding hydrogens is 357 g/mol. The molecule has 0 aliphatic rings. The number of hydrogen-bond acceptors (Lipinski definition) is 4. The summed E-state index contributed by atoms with van der Waals surface area (Å²) in [5.74, 6) is -0.803. The van der Waals surface area contributed by atoms with Crippen LogP contribution in [-0.2, 0) is 16.4 Å². The molecule has 134 valence electrons. The summed E-state index contributed by atoms with van der Waals surface area (Å²) in [4.78, 5) is 10.8. The van der Waals surface area contributed by atoms with Crippen LogP contribution in [0.3, 0.4) is 0 Å². The summed E-state index contributed by atoms with van der Waals surface area (Å²) < 4.78 is 38.5. The lowest BCUT2D eigenvalue weighted by Gasteiger charge is -2.10. The van der Waals surface area contributed by atoms with E-state index in [2.05, 4.69) is 5.10 Å². The molecule has 0 saturated heterocycles. The average Bonchev–Trinajstić information content (AvgIpc) is 2.96. The van der Waals surface area contributed by atoms with Crippen molar-refractivity contribution in [1.82, 2.24) is 9.78 Å². The number of hydrogen-bond donors (Lipinski definition) is 1. The van der Waals surface area contributed by atoms with Gasteiger partial charge in [0.2, 0.25) is 10.0 Å². The lowest BCUT2D eigenvalue weighted by Crippen LogP contribution is -2.13. The molecule has 26 heavy (non-hydrogen) atoms. The van der Waals surface area contributed by atoms with Crippen LogP contribution in [0.4, 0.5) is 4.39 Å². The molecule has 6 nitrogen and oxygen atoms in total. The Bertz CT molecular complexity index is 1090. The van der Waals surface area contributed by atoms with Gasteiger partial charge in [0, 0.05) is 12.1 Å². The first kappa shape index (κ1) is 18.0. The Morgan fingerprint density at radius 2 is 1.96 bits per heavy atom.